The van der Waals surface area contributed by atoms with Crippen molar-refractivity contribution >= 4 is 10.0 Å². The van der Waals surface area contributed by atoms with E-state index in [1.54, 1.807) is 28.8 Å². The Balaban J connectivity index is 1.63. The lowest BCUT2D eigenvalue weighted by Crippen LogP contribution is -2.48. The lowest BCUT2D eigenvalue weighted by atomic mass is 10.2. The van der Waals surface area contributed by atoms with Gasteiger partial charge in [-0.25, -0.2) is 8.42 Å². The normalized spacial score (nSPS) is 17.3. The smallest absolute Gasteiger partial charge is 0.243 e. The van der Waals surface area contributed by atoms with Crippen LogP contribution in [0.4, 0.5) is 0 Å². The SMILES string of the molecule is Cc1ccc(S(=O)(=O)N2CCN(Cc3ccncc3)CC2)cc1. The zero-order valence-corrected chi connectivity index (χ0v) is 14.0. The van der Waals surface area contributed by atoms with Crippen LogP contribution in [0.25, 0.3) is 0 Å². The second-order valence-electron chi connectivity index (χ2n) is 5.85. The molecule has 0 aliphatic carbocycles. The average molecular weight is 331 g/mol. The van der Waals surface area contributed by atoms with E-state index in [0.29, 0.717) is 18.0 Å². The van der Waals surface area contributed by atoms with Gasteiger partial charge in [-0.15, -0.1) is 0 Å². The van der Waals surface area contributed by atoms with Crippen LogP contribution in [-0.4, -0.2) is 48.8 Å². The van der Waals surface area contributed by atoms with Crippen LogP contribution in [0.5, 0.6) is 0 Å². The predicted molar refractivity (Wildman–Crippen MR) is 89.5 cm³/mol. The molecule has 23 heavy (non-hydrogen) atoms. The van der Waals surface area contributed by atoms with E-state index in [1.165, 1.54) is 5.56 Å². The number of benzene rings is 1. The van der Waals surface area contributed by atoms with Crippen LogP contribution in [0.2, 0.25) is 0 Å². The summed E-state index contributed by atoms with van der Waals surface area (Å²) in [6.45, 7) is 5.33. The summed E-state index contributed by atoms with van der Waals surface area (Å²) < 4.78 is 26.9. The quantitative estimate of drug-likeness (QED) is 0.859. The van der Waals surface area contributed by atoms with Crippen LogP contribution < -0.4 is 0 Å². The van der Waals surface area contributed by atoms with Crippen molar-refractivity contribution in [3.05, 3.63) is 59.9 Å². The Morgan fingerprint density at radius 1 is 0.957 bits per heavy atom. The Kier molecular flexibility index (Phi) is 4.75. The molecule has 0 N–H and O–H groups in total. The molecule has 0 bridgehead atoms. The van der Waals surface area contributed by atoms with Gasteiger partial charge < -0.3 is 0 Å². The first kappa shape index (κ1) is 16.1. The highest BCUT2D eigenvalue weighted by Crippen LogP contribution is 2.18. The summed E-state index contributed by atoms with van der Waals surface area (Å²) >= 11 is 0. The van der Waals surface area contributed by atoms with Crippen molar-refractivity contribution in [2.75, 3.05) is 26.2 Å². The van der Waals surface area contributed by atoms with Crippen LogP contribution >= 0.6 is 0 Å². The highest BCUT2D eigenvalue weighted by atomic mass is 32.2. The lowest BCUT2D eigenvalue weighted by Gasteiger charge is -2.34. The lowest BCUT2D eigenvalue weighted by molar-refractivity contribution is 0.181. The molecule has 0 unspecified atom stereocenters. The maximum absolute atomic E-state index is 12.7. The molecule has 3 rings (SSSR count). The fourth-order valence-electron chi connectivity index (χ4n) is 2.73. The third-order valence-electron chi connectivity index (χ3n) is 4.15. The van der Waals surface area contributed by atoms with Crippen molar-refractivity contribution in [1.82, 2.24) is 14.2 Å². The van der Waals surface area contributed by atoms with Gasteiger partial charge in [-0.2, -0.15) is 4.31 Å². The van der Waals surface area contributed by atoms with Crippen LogP contribution in [0.1, 0.15) is 11.1 Å². The standard InChI is InChI=1S/C17H21N3O2S/c1-15-2-4-17(5-3-15)23(21,22)20-12-10-19(11-13-20)14-16-6-8-18-9-7-16/h2-9H,10-14H2,1H3. The molecule has 122 valence electrons. The summed E-state index contributed by atoms with van der Waals surface area (Å²) in [7, 11) is -3.38. The van der Waals surface area contributed by atoms with E-state index in [0.717, 1.165) is 25.2 Å². The molecule has 0 amide bonds. The number of sulfonamides is 1. The largest absolute Gasteiger partial charge is 0.296 e. The minimum absolute atomic E-state index is 0.380. The van der Waals surface area contributed by atoms with E-state index in [1.807, 2.05) is 31.2 Å². The summed E-state index contributed by atoms with van der Waals surface area (Å²) in [6.07, 6.45) is 3.57. The van der Waals surface area contributed by atoms with Gasteiger partial charge in [0.2, 0.25) is 10.0 Å². The third-order valence-corrected chi connectivity index (χ3v) is 6.06. The highest BCUT2D eigenvalue weighted by molar-refractivity contribution is 7.89. The van der Waals surface area contributed by atoms with Crippen LogP contribution in [0.3, 0.4) is 0 Å². The molecule has 1 saturated heterocycles. The van der Waals surface area contributed by atoms with E-state index in [4.69, 9.17) is 0 Å². The minimum atomic E-state index is -3.38. The van der Waals surface area contributed by atoms with Gasteiger partial charge in [-0.3, -0.25) is 9.88 Å². The summed E-state index contributed by atoms with van der Waals surface area (Å²) in [5.74, 6) is 0. The molecule has 2 heterocycles. The zero-order chi connectivity index (χ0) is 16.3. The number of hydrogen-bond donors (Lipinski definition) is 0. The number of rotatable bonds is 4. The van der Waals surface area contributed by atoms with Crippen molar-refractivity contribution in [3.8, 4) is 0 Å². The maximum Gasteiger partial charge on any atom is 0.243 e. The average Bonchev–Trinajstić information content (AvgIpc) is 2.57. The zero-order valence-electron chi connectivity index (χ0n) is 13.2. The fraction of sp³-hybridized carbons (Fsp3) is 0.353. The van der Waals surface area contributed by atoms with Gasteiger partial charge in [0.25, 0.3) is 0 Å². The molecule has 1 fully saturated rings. The first-order valence-electron chi connectivity index (χ1n) is 7.74. The molecule has 5 nitrogen and oxygen atoms in total. The fourth-order valence-corrected chi connectivity index (χ4v) is 4.16. The Labute approximate surface area is 137 Å². The Bertz CT molecular complexity index is 737. The molecule has 1 aromatic carbocycles. The predicted octanol–water partition coefficient (Wildman–Crippen LogP) is 1.90. The van der Waals surface area contributed by atoms with Gasteiger partial charge >= 0.3 is 0 Å². The number of aryl methyl sites for hydroxylation is 1. The minimum Gasteiger partial charge on any atom is -0.296 e. The van der Waals surface area contributed by atoms with Crippen LogP contribution in [0, 0.1) is 6.92 Å². The van der Waals surface area contributed by atoms with E-state index in [2.05, 4.69) is 9.88 Å². The van der Waals surface area contributed by atoms with E-state index >= 15 is 0 Å². The van der Waals surface area contributed by atoms with Gasteiger partial charge in [-0.1, -0.05) is 17.7 Å². The summed E-state index contributed by atoms with van der Waals surface area (Å²) in [5, 5.41) is 0. The molecule has 6 heteroatoms. The first-order chi connectivity index (χ1) is 11.1. The van der Waals surface area contributed by atoms with Crippen molar-refractivity contribution in [1.29, 1.82) is 0 Å². The number of pyridine rings is 1. The van der Waals surface area contributed by atoms with Gasteiger partial charge in [0.05, 0.1) is 4.90 Å². The van der Waals surface area contributed by atoms with Gasteiger partial charge in [0.15, 0.2) is 0 Å². The Hall–Kier alpha value is -1.76. The molecule has 0 radical (unpaired) electrons. The van der Waals surface area contributed by atoms with Crippen molar-refractivity contribution in [2.45, 2.75) is 18.4 Å². The molecular weight excluding hydrogens is 310 g/mol. The number of aromatic nitrogens is 1. The topological polar surface area (TPSA) is 53.5 Å². The van der Waals surface area contributed by atoms with Crippen LogP contribution in [-0.2, 0) is 16.6 Å². The van der Waals surface area contributed by atoms with Crippen LogP contribution in [0.15, 0.2) is 53.7 Å². The molecule has 2 aromatic rings. The Morgan fingerprint density at radius 3 is 2.17 bits per heavy atom. The summed E-state index contributed by atoms with van der Waals surface area (Å²) in [4.78, 5) is 6.67. The Morgan fingerprint density at radius 2 is 1.57 bits per heavy atom. The van der Waals surface area contributed by atoms with E-state index < -0.39 is 10.0 Å². The van der Waals surface area contributed by atoms with Gasteiger partial charge in [-0.05, 0) is 36.8 Å². The molecule has 0 atom stereocenters. The van der Waals surface area contributed by atoms with Crippen molar-refractivity contribution < 1.29 is 8.42 Å². The van der Waals surface area contributed by atoms with Crippen molar-refractivity contribution in [2.24, 2.45) is 0 Å². The summed E-state index contributed by atoms with van der Waals surface area (Å²) in [5.41, 5.74) is 2.26. The van der Waals surface area contributed by atoms with E-state index in [-0.39, 0.29) is 0 Å². The molecule has 1 aliphatic heterocycles. The number of nitrogens with zero attached hydrogens (tertiary/aromatic N) is 3. The second kappa shape index (κ2) is 6.78. The maximum atomic E-state index is 12.7. The van der Waals surface area contributed by atoms with Gasteiger partial charge in [0.1, 0.15) is 0 Å². The molecular formula is C17H21N3O2S. The molecule has 0 spiro atoms. The summed E-state index contributed by atoms with van der Waals surface area (Å²) in [6, 6.07) is 11.0. The van der Waals surface area contributed by atoms with Gasteiger partial charge in [0, 0.05) is 45.1 Å². The molecule has 0 saturated carbocycles. The number of hydrogen-bond acceptors (Lipinski definition) is 4. The third kappa shape index (κ3) is 3.77. The van der Waals surface area contributed by atoms with Crippen molar-refractivity contribution in [3.63, 3.8) is 0 Å². The first-order valence-corrected chi connectivity index (χ1v) is 9.18. The second-order valence-corrected chi connectivity index (χ2v) is 7.79. The van der Waals surface area contributed by atoms with E-state index in [9.17, 15) is 8.42 Å². The molecule has 1 aliphatic rings. The highest BCUT2D eigenvalue weighted by Gasteiger charge is 2.28. The molecule has 1 aromatic heterocycles. The monoisotopic (exact) mass is 331 g/mol. The number of piperazine rings is 1.